The van der Waals surface area contributed by atoms with Crippen molar-refractivity contribution >= 4 is 5.82 Å². The summed E-state index contributed by atoms with van der Waals surface area (Å²) in [5, 5.41) is 7.73. The van der Waals surface area contributed by atoms with Crippen LogP contribution in [0.1, 0.15) is 19.8 Å². The summed E-state index contributed by atoms with van der Waals surface area (Å²) < 4.78 is 6.89. The minimum Gasteiger partial charge on any atom is -0.481 e. The van der Waals surface area contributed by atoms with Gasteiger partial charge >= 0.3 is 0 Å². The molecule has 0 saturated heterocycles. The van der Waals surface area contributed by atoms with Crippen molar-refractivity contribution < 1.29 is 4.74 Å². The van der Waals surface area contributed by atoms with Gasteiger partial charge in [0.25, 0.3) is 0 Å². The smallest absolute Gasteiger partial charge is 0.213 e. The van der Waals surface area contributed by atoms with Crippen LogP contribution >= 0.6 is 0 Å². The Morgan fingerprint density at radius 1 is 1.57 bits per heavy atom. The van der Waals surface area contributed by atoms with Gasteiger partial charge in [0.05, 0.1) is 7.11 Å². The minimum absolute atomic E-state index is 0.592. The minimum atomic E-state index is 0.592. The highest BCUT2D eigenvalue weighted by atomic mass is 16.5. The van der Waals surface area contributed by atoms with Gasteiger partial charge in [-0.25, -0.2) is 4.68 Å². The van der Waals surface area contributed by atoms with Crippen LogP contribution in [0.4, 0.5) is 5.82 Å². The molecule has 78 valence electrons. The van der Waals surface area contributed by atoms with Crippen molar-refractivity contribution in [2.24, 2.45) is 13.0 Å². The van der Waals surface area contributed by atoms with E-state index in [2.05, 4.69) is 17.3 Å². The van der Waals surface area contributed by atoms with Gasteiger partial charge < -0.3 is 10.1 Å². The zero-order chi connectivity index (χ0) is 10.1. The molecule has 1 heterocycles. The molecule has 0 aromatic carbocycles. The number of aromatic nitrogens is 2. The number of nitrogens with one attached hydrogen (secondary N) is 1. The van der Waals surface area contributed by atoms with E-state index in [1.807, 2.05) is 13.1 Å². The predicted octanol–water partition coefficient (Wildman–Crippen LogP) is 1.64. The maximum atomic E-state index is 5.15. The Kier molecular flexibility index (Phi) is 2.35. The molecule has 1 N–H and O–H groups in total. The highest BCUT2D eigenvalue weighted by molar-refractivity contribution is 5.40. The van der Waals surface area contributed by atoms with Crippen molar-refractivity contribution in [2.45, 2.75) is 25.8 Å². The van der Waals surface area contributed by atoms with E-state index < -0.39 is 0 Å². The molecule has 14 heavy (non-hydrogen) atoms. The molecule has 1 saturated carbocycles. The maximum absolute atomic E-state index is 5.15. The Balaban J connectivity index is 2.02. The molecule has 1 aliphatic carbocycles. The molecule has 0 aliphatic heterocycles. The molecular weight excluding hydrogens is 178 g/mol. The topological polar surface area (TPSA) is 39.1 Å². The van der Waals surface area contributed by atoms with E-state index in [9.17, 15) is 0 Å². The van der Waals surface area contributed by atoms with E-state index in [1.165, 1.54) is 12.8 Å². The van der Waals surface area contributed by atoms with E-state index in [1.54, 1.807) is 11.8 Å². The molecule has 0 radical (unpaired) electrons. The zero-order valence-electron chi connectivity index (χ0n) is 8.95. The van der Waals surface area contributed by atoms with Gasteiger partial charge in [0.2, 0.25) is 5.88 Å². The summed E-state index contributed by atoms with van der Waals surface area (Å²) in [5.74, 6) is 2.48. The van der Waals surface area contributed by atoms with Crippen molar-refractivity contribution in [1.29, 1.82) is 0 Å². The van der Waals surface area contributed by atoms with E-state index >= 15 is 0 Å². The van der Waals surface area contributed by atoms with Crippen molar-refractivity contribution in [3.8, 4) is 5.88 Å². The molecule has 4 nitrogen and oxygen atoms in total. The van der Waals surface area contributed by atoms with Crippen LogP contribution in [0.2, 0.25) is 0 Å². The second-order valence-corrected chi connectivity index (χ2v) is 4.00. The second-order valence-electron chi connectivity index (χ2n) is 4.00. The fraction of sp³-hybridized carbons (Fsp3) is 0.700. The van der Waals surface area contributed by atoms with E-state index in [4.69, 9.17) is 4.74 Å². The molecule has 1 fully saturated rings. The number of nitrogens with zero attached hydrogens (tertiary/aromatic N) is 2. The number of aryl methyl sites for hydroxylation is 1. The molecule has 1 aromatic rings. The van der Waals surface area contributed by atoms with Crippen molar-refractivity contribution in [3.05, 3.63) is 6.07 Å². The van der Waals surface area contributed by atoms with Gasteiger partial charge in [0.15, 0.2) is 5.82 Å². The summed E-state index contributed by atoms with van der Waals surface area (Å²) in [6, 6.07) is 2.53. The lowest BCUT2D eigenvalue weighted by molar-refractivity contribution is 0.303. The fourth-order valence-electron chi connectivity index (χ4n) is 1.78. The number of rotatable bonds is 3. The first-order valence-electron chi connectivity index (χ1n) is 5.05. The molecule has 0 amide bonds. The molecule has 2 unspecified atom stereocenters. The standard InChI is InChI=1S/C10H17N3O/c1-7-4-5-8(7)11-9-6-10(14-3)13(2)12-9/h6-8H,4-5H2,1-3H3,(H,11,12). The first kappa shape index (κ1) is 9.37. The quantitative estimate of drug-likeness (QED) is 0.797. The normalized spacial score (nSPS) is 25.6. The molecule has 1 aromatic heterocycles. The SMILES string of the molecule is COc1cc(NC2CCC2C)nn1C. The number of methoxy groups -OCH3 is 1. The molecule has 4 heteroatoms. The van der Waals surface area contributed by atoms with Gasteiger partial charge in [-0.05, 0) is 18.8 Å². The molecule has 2 atom stereocenters. The number of hydrogen-bond donors (Lipinski definition) is 1. The second kappa shape index (κ2) is 3.52. The van der Waals surface area contributed by atoms with Crippen LogP contribution < -0.4 is 10.1 Å². The predicted molar refractivity (Wildman–Crippen MR) is 55.6 cm³/mol. The summed E-state index contributed by atoms with van der Waals surface area (Å²) in [4.78, 5) is 0. The first-order valence-corrected chi connectivity index (χ1v) is 5.05. The zero-order valence-corrected chi connectivity index (χ0v) is 8.95. The largest absolute Gasteiger partial charge is 0.481 e. The van der Waals surface area contributed by atoms with Crippen LogP contribution in [0.15, 0.2) is 6.07 Å². The molecular formula is C10H17N3O. The van der Waals surface area contributed by atoms with Crippen LogP contribution in [0, 0.1) is 5.92 Å². The molecule has 1 aliphatic rings. The highest BCUT2D eigenvalue weighted by Gasteiger charge is 2.27. The third-order valence-corrected chi connectivity index (χ3v) is 3.00. The Morgan fingerprint density at radius 3 is 2.79 bits per heavy atom. The van der Waals surface area contributed by atoms with Crippen molar-refractivity contribution in [2.75, 3.05) is 12.4 Å². The van der Waals surface area contributed by atoms with Gasteiger partial charge in [-0.15, -0.1) is 0 Å². The van der Waals surface area contributed by atoms with Crippen LogP contribution in [-0.2, 0) is 7.05 Å². The van der Waals surface area contributed by atoms with Gasteiger partial charge in [-0.1, -0.05) is 6.92 Å². The third-order valence-electron chi connectivity index (χ3n) is 3.00. The lowest BCUT2D eigenvalue weighted by Crippen LogP contribution is -2.36. The average Bonchev–Trinajstić information content (AvgIpc) is 2.53. The van der Waals surface area contributed by atoms with Crippen molar-refractivity contribution in [1.82, 2.24) is 9.78 Å². The highest BCUT2D eigenvalue weighted by Crippen LogP contribution is 2.30. The maximum Gasteiger partial charge on any atom is 0.213 e. The van der Waals surface area contributed by atoms with Gasteiger partial charge in [0, 0.05) is 19.2 Å². The molecule has 0 spiro atoms. The molecule has 2 rings (SSSR count). The van der Waals surface area contributed by atoms with Gasteiger partial charge in [-0.2, -0.15) is 5.10 Å². The lowest BCUT2D eigenvalue weighted by Gasteiger charge is -2.34. The van der Waals surface area contributed by atoms with E-state index in [0.717, 1.165) is 17.6 Å². The van der Waals surface area contributed by atoms with E-state index in [-0.39, 0.29) is 0 Å². The summed E-state index contributed by atoms with van der Waals surface area (Å²) in [5.41, 5.74) is 0. The molecule has 0 bridgehead atoms. The Morgan fingerprint density at radius 2 is 2.36 bits per heavy atom. The van der Waals surface area contributed by atoms with Crippen molar-refractivity contribution in [3.63, 3.8) is 0 Å². The summed E-state index contributed by atoms with van der Waals surface area (Å²) in [6.07, 6.45) is 2.57. The van der Waals surface area contributed by atoms with E-state index in [0.29, 0.717) is 6.04 Å². The average molecular weight is 195 g/mol. The summed E-state index contributed by atoms with van der Waals surface area (Å²) >= 11 is 0. The first-order chi connectivity index (χ1) is 6.70. The lowest BCUT2D eigenvalue weighted by atomic mass is 9.81. The van der Waals surface area contributed by atoms with Gasteiger partial charge in [-0.3, -0.25) is 0 Å². The summed E-state index contributed by atoms with van der Waals surface area (Å²) in [7, 11) is 3.54. The number of hydrogen-bond acceptors (Lipinski definition) is 3. The monoisotopic (exact) mass is 195 g/mol. The summed E-state index contributed by atoms with van der Waals surface area (Å²) in [6.45, 7) is 2.27. The van der Waals surface area contributed by atoms with Crippen LogP contribution in [0.3, 0.4) is 0 Å². The fourth-order valence-corrected chi connectivity index (χ4v) is 1.78. The van der Waals surface area contributed by atoms with Crippen LogP contribution in [-0.4, -0.2) is 22.9 Å². The number of anilines is 1. The van der Waals surface area contributed by atoms with Crippen LogP contribution in [0.25, 0.3) is 0 Å². The van der Waals surface area contributed by atoms with Gasteiger partial charge in [0.1, 0.15) is 0 Å². The third kappa shape index (κ3) is 1.56. The van der Waals surface area contributed by atoms with Crippen LogP contribution in [0.5, 0.6) is 5.88 Å². The number of ether oxygens (including phenoxy) is 1. The Bertz CT molecular complexity index is 321. The Hall–Kier alpha value is -1.19. The Labute approximate surface area is 84.3 Å².